The van der Waals surface area contributed by atoms with Gasteiger partial charge < -0.3 is 0 Å². The Balaban J connectivity index is 0.000000163. The van der Waals surface area contributed by atoms with Crippen molar-refractivity contribution in [3.8, 4) is 44.5 Å². The molecule has 0 unspecified atom stereocenters. The number of aryl methyl sites for hydroxylation is 12. The predicted molar refractivity (Wildman–Crippen MR) is 317 cm³/mol. The maximum absolute atomic E-state index is 2.22. The van der Waals surface area contributed by atoms with Crippen molar-refractivity contribution in [2.45, 2.75) is 83.1 Å². The first-order chi connectivity index (χ1) is 34.6. The van der Waals surface area contributed by atoms with Crippen molar-refractivity contribution in [3.05, 3.63) is 309 Å². The van der Waals surface area contributed by atoms with Gasteiger partial charge in [0, 0.05) is 0 Å². The Hall–Kier alpha value is -7.80. The largest absolute Gasteiger partial charge is 0.0620 e. The summed E-state index contributed by atoms with van der Waals surface area (Å²) in [6, 6.07) is 85.6. The van der Waals surface area contributed by atoms with E-state index in [0.717, 1.165) is 0 Å². The standard InChI is InChI=1S/4C14H14.2C8H10/c1-11-3-7-13(8-4-11)14-9-5-12(2)6-10-14;1-11-5-3-7-13(9-11)14-8-4-6-12(2)10-14;1-11-6-5-8-13(10-11)14-9-4-3-7-12(14)2;1-11-6-8-13(9-7-11)14-5-3-4-12(2)10-14;1-7-4-3-5-8(2)6-7;1-7-5-3-4-6-8(7)2/h4*3-10H,1-2H3;2*3-6H,1-2H3. The smallest absolute Gasteiger partial charge is 0.0155 e. The van der Waals surface area contributed by atoms with E-state index >= 15 is 0 Å². The SMILES string of the molecule is Cc1ccc(-c2ccc(C)cc2)cc1.Cc1ccc(-c2cccc(C)c2)cc1.Cc1cccc(-c2cccc(C)c2)c1.Cc1cccc(-c2ccccc2C)c1.Cc1cccc(C)c1.Cc1ccccc1C. The second-order valence-corrected chi connectivity index (χ2v) is 19.1. The lowest BCUT2D eigenvalue weighted by Gasteiger charge is -2.05. The van der Waals surface area contributed by atoms with Gasteiger partial charge in [-0.25, -0.2) is 0 Å². The number of hydrogen-bond donors (Lipinski definition) is 0. The summed E-state index contributed by atoms with van der Waals surface area (Å²) in [7, 11) is 0. The summed E-state index contributed by atoms with van der Waals surface area (Å²) in [6.45, 7) is 25.4. The first-order valence-corrected chi connectivity index (χ1v) is 25.2. The Bertz CT molecular complexity index is 3040. The first-order valence-electron chi connectivity index (χ1n) is 25.2. The van der Waals surface area contributed by atoms with Crippen LogP contribution < -0.4 is 0 Å². The molecule has 0 fully saturated rings. The highest BCUT2D eigenvalue weighted by molar-refractivity contribution is 5.68. The van der Waals surface area contributed by atoms with Gasteiger partial charge in [-0.3, -0.25) is 0 Å². The van der Waals surface area contributed by atoms with Crippen LogP contribution in [-0.2, 0) is 0 Å². The molecule has 0 saturated heterocycles. The third-order valence-electron chi connectivity index (χ3n) is 12.3. The maximum atomic E-state index is 2.22. The molecule has 0 N–H and O–H groups in total. The van der Waals surface area contributed by atoms with Crippen LogP contribution in [0.3, 0.4) is 0 Å². The summed E-state index contributed by atoms with van der Waals surface area (Å²) >= 11 is 0. The molecule has 0 bridgehead atoms. The van der Waals surface area contributed by atoms with Crippen LogP contribution in [-0.4, -0.2) is 0 Å². The van der Waals surface area contributed by atoms with Crippen LogP contribution in [0.1, 0.15) is 66.8 Å². The van der Waals surface area contributed by atoms with Crippen molar-refractivity contribution >= 4 is 0 Å². The zero-order chi connectivity index (χ0) is 51.8. The summed E-state index contributed by atoms with van der Waals surface area (Å²) in [5.74, 6) is 0. The predicted octanol–water partition coefficient (Wildman–Crippen LogP) is 20.5. The van der Waals surface area contributed by atoms with Gasteiger partial charge in [0.25, 0.3) is 0 Å². The molecule has 0 spiro atoms. The molecule has 10 aromatic carbocycles. The van der Waals surface area contributed by atoms with Crippen molar-refractivity contribution in [1.29, 1.82) is 0 Å². The lowest BCUT2D eigenvalue weighted by atomic mass is 9.99. The average Bonchev–Trinajstić information content (AvgIpc) is 3.37. The minimum atomic E-state index is 1.29. The summed E-state index contributed by atoms with van der Waals surface area (Å²) in [6.07, 6.45) is 0. The Morgan fingerprint density at radius 2 is 0.403 bits per heavy atom. The molecule has 0 radical (unpaired) electrons. The fraction of sp³-hybridized carbons (Fsp3) is 0.167. The number of benzene rings is 10. The molecular formula is C72H76. The van der Waals surface area contributed by atoms with Crippen LogP contribution in [0.5, 0.6) is 0 Å². The molecule has 72 heavy (non-hydrogen) atoms. The third-order valence-corrected chi connectivity index (χ3v) is 12.3. The van der Waals surface area contributed by atoms with Gasteiger partial charge in [-0.2, -0.15) is 0 Å². The summed E-state index contributed by atoms with van der Waals surface area (Å²) < 4.78 is 0. The van der Waals surface area contributed by atoms with E-state index in [1.807, 2.05) is 0 Å². The highest BCUT2D eigenvalue weighted by atomic mass is 14.1. The summed E-state index contributed by atoms with van der Waals surface area (Å²) in [5, 5.41) is 0. The van der Waals surface area contributed by atoms with Crippen LogP contribution in [0.2, 0.25) is 0 Å². The molecule has 364 valence electrons. The highest BCUT2D eigenvalue weighted by Gasteiger charge is 2.01. The Labute approximate surface area is 434 Å². The lowest BCUT2D eigenvalue weighted by Crippen LogP contribution is -1.82. The van der Waals surface area contributed by atoms with Crippen molar-refractivity contribution in [1.82, 2.24) is 0 Å². The molecule has 0 saturated carbocycles. The molecule has 10 rings (SSSR count). The van der Waals surface area contributed by atoms with Crippen molar-refractivity contribution in [2.75, 3.05) is 0 Å². The van der Waals surface area contributed by atoms with Gasteiger partial charge in [0.05, 0.1) is 0 Å². The van der Waals surface area contributed by atoms with Crippen LogP contribution in [0.25, 0.3) is 44.5 Å². The van der Waals surface area contributed by atoms with Gasteiger partial charge in [-0.15, -0.1) is 0 Å². The minimum absolute atomic E-state index is 1.29. The maximum Gasteiger partial charge on any atom is -0.0155 e. The van der Waals surface area contributed by atoms with E-state index in [1.54, 1.807) is 0 Å². The van der Waals surface area contributed by atoms with Crippen LogP contribution in [0, 0.1) is 83.1 Å². The van der Waals surface area contributed by atoms with E-state index in [4.69, 9.17) is 0 Å². The number of hydrogen-bond acceptors (Lipinski definition) is 0. The van der Waals surface area contributed by atoms with E-state index < -0.39 is 0 Å². The third kappa shape index (κ3) is 19.2. The monoisotopic (exact) mass is 941 g/mol. The van der Waals surface area contributed by atoms with Gasteiger partial charge in [0.2, 0.25) is 0 Å². The molecule has 0 amide bonds. The Morgan fingerprint density at radius 1 is 0.153 bits per heavy atom. The second kappa shape index (κ2) is 28.8. The summed E-state index contributed by atoms with van der Waals surface area (Å²) in [5.41, 5.74) is 26.3. The molecule has 0 aliphatic heterocycles. The lowest BCUT2D eigenvalue weighted by molar-refractivity contribution is 1.34. The molecule has 0 heteroatoms. The molecular weight excluding hydrogens is 865 g/mol. The van der Waals surface area contributed by atoms with Gasteiger partial charge >= 0.3 is 0 Å². The van der Waals surface area contributed by atoms with Gasteiger partial charge in [0.15, 0.2) is 0 Å². The summed E-state index contributed by atoms with van der Waals surface area (Å²) in [4.78, 5) is 0. The minimum Gasteiger partial charge on any atom is -0.0620 e. The number of rotatable bonds is 4. The molecule has 0 aromatic heterocycles. The van der Waals surface area contributed by atoms with Crippen molar-refractivity contribution < 1.29 is 0 Å². The molecule has 0 aliphatic carbocycles. The molecule has 10 aromatic rings. The molecule has 0 atom stereocenters. The second-order valence-electron chi connectivity index (χ2n) is 19.1. The van der Waals surface area contributed by atoms with Crippen molar-refractivity contribution in [3.63, 3.8) is 0 Å². The van der Waals surface area contributed by atoms with Crippen molar-refractivity contribution in [2.24, 2.45) is 0 Å². The van der Waals surface area contributed by atoms with E-state index in [9.17, 15) is 0 Å². The Morgan fingerprint density at radius 3 is 0.694 bits per heavy atom. The highest BCUT2D eigenvalue weighted by Crippen LogP contribution is 2.25. The quantitative estimate of drug-likeness (QED) is 0.165. The van der Waals surface area contributed by atoms with Gasteiger partial charge in [-0.1, -0.05) is 293 Å². The van der Waals surface area contributed by atoms with E-state index in [0.29, 0.717) is 0 Å². The first kappa shape index (κ1) is 55.1. The average molecular weight is 941 g/mol. The topological polar surface area (TPSA) is 0 Å². The van der Waals surface area contributed by atoms with Gasteiger partial charge in [-0.05, 0) is 144 Å². The van der Waals surface area contributed by atoms with Crippen LogP contribution in [0.15, 0.2) is 243 Å². The molecule has 0 heterocycles. The van der Waals surface area contributed by atoms with Crippen LogP contribution >= 0.6 is 0 Å². The fourth-order valence-corrected chi connectivity index (χ4v) is 7.89. The fourth-order valence-electron chi connectivity index (χ4n) is 7.89. The van der Waals surface area contributed by atoms with E-state index in [2.05, 4.69) is 326 Å². The van der Waals surface area contributed by atoms with E-state index in [1.165, 1.54) is 111 Å². The van der Waals surface area contributed by atoms with Crippen LogP contribution in [0.4, 0.5) is 0 Å². The zero-order valence-corrected chi connectivity index (χ0v) is 45.1. The van der Waals surface area contributed by atoms with E-state index in [-0.39, 0.29) is 0 Å². The molecule has 0 nitrogen and oxygen atoms in total. The zero-order valence-electron chi connectivity index (χ0n) is 45.1. The molecule has 0 aliphatic rings. The Kier molecular flexibility index (Phi) is 22.0. The normalized spacial score (nSPS) is 9.94. The van der Waals surface area contributed by atoms with Gasteiger partial charge in [0.1, 0.15) is 0 Å².